The van der Waals surface area contributed by atoms with Crippen molar-refractivity contribution in [1.29, 1.82) is 0 Å². The van der Waals surface area contributed by atoms with Crippen molar-refractivity contribution in [3.8, 4) is 0 Å². The number of carbonyl (C=O) groups is 1. The van der Waals surface area contributed by atoms with Crippen molar-refractivity contribution in [2.24, 2.45) is 0 Å². The van der Waals surface area contributed by atoms with Gasteiger partial charge in [0.2, 0.25) is 0 Å². The topological polar surface area (TPSA) is 29.1 Å². The monoisotopic (exact) mass is 239 g/mol. The van der Waals surface area contributed by atoms with E-state index in [1.807, 2.05) is 24.3 Å². The zero-order valence-electron chi connectivity index (χ0n) is 9.79. The molecule has 1 amide bonds. The molecule has 1 rings (SSSR count). The predicted octanol–water partition coefficient (Wildman–Crippen LogP) is 3.34. The maximum absolute atomic E-state index is 11.9. The second kappa shape index (κ2) is 6.54. The van der Waals surface area contributed by atoms with Crippen LogP contribution in [0.5, 0.6) is 0 Å². The van der Waals surface area contributed by atoms with Gasteiger partial charge in [-0.05, 0) is 30.5 Å². The summed E-state index contributed by atoms with van der Waals surface area (Å²) >= 11 is 5.73. The third-order valence-electron chi connectivity index (χ3n) is 2.66. The zero-order chi connectivity index (χ0) is 12.0. The quantitative estimate of drug-likeness (QED) is 0.785. The van der Waals surface area contributed by atoms with E-state index in [2.05, 4.69) is 19.2 Å². The van der Waals surface area contributed by atoms with Crippen molar-refractivity contribution in [1.82, 2.24) is 5.32 Å². The Balaban J connectivity index is 2.72. The molecular formula is C13H18ClNO. The van der Waals surface area contributed by atoms with Gasteiger partial charge in [-0.25, -0.2) is 0 Å². The number of hydrogen-bond donors (Lipinski definition) is 1. The summed E-state index contributed by atoms with van der Waals surface area (Å²) < 4.78 is 0. The number of nitrogens with one attached hydrogen (secondary N) is 1. The highest BCUT2D eigenvalue weighted by atomic mass is 35.5. The number of carbonyl (C=O) groups excluding carboxylic acids is 1. The normalized spacial score (nSPS) is 10.5. The molecule has 1 N–H and O–H groups in total. The molecule has 0 bridgehead atoms. The van der Waals surface area contributed by atoms with Crippen molar-refractivity contribution in [2.75, 3.05) is 0 Å². The van der Waals surface area contributed by atoms with Gasteiger partial charge in [0.1, 0.15) is 0 Å². The van der Waals surface area contributed by atoms with Gasteiger partial charge in [0.05, 0.1) is 0 Å². The molecule has 2 nitrogen and oxygen atoms in total. The Labute approximate surface area is 102 Å². The molecule has 0 heterocycles. The van der Waals surface area contributed by atoms with Gasteiger partial charge in [-0.1, -0.05) is 26.0 Å². The van der Waals surface area contributed by atoms with Crippen LogP contribution in [0.3, 0.4) is 0 Å². The number of benzene rings is 1. The van der Waals surface area contributed by atoms with Crippen molar-refractivity contribution >= 4 is 17.5 Å². The van der Waals surface area contributed by atoms with Gasteiger partial charge in [0.15, 0.2) is 0 Å². The minimum Gasteiger partial charge on any atom is -0.349 e. The SMILES string of the molecule is CCC(CC)NC(=O)c1cccc(CCl)c1. The lowest BCUT2D eigenvalue weighted by Gasteiger charge is -2.14. The molecule has 0 aromatic heterocycles. The van der Waals surface area contributed by atoms with Crippen LogP contribution in [0.25, 0.3) is 0 Å². The van der Waals surface area contributed by atoms with E-state index < -0.39 is 0 Å². The molecule has 0 aliphatic rings. The summed E-state index contributed by atoms with van der Waals surface area (Å²) in [6.45, 7) is 4.15. The van der Waals surface area contributed by atoms with Crippen LogP contribution in [0.2, 0.25) is 0 Å². The molecule has 0 unspecified atom stereocenters. The zero-order valence-corrected chi connectivity index (χ0v) is 10.6. The van der Waals surface area contributed by atoms with Gasteiger partial charge in [-0.15, -0.1) is 11.6 Å². The summed E-state index contributed by atoms with van der Waals surface area (Å²) in [4.78, 5) is 11.9. The Bertz CT molecular complexity index is 348. The van der Waals surface area contributed by atoms with E-state index in [1.54, 1.807) is 0 Å². The Morgan fingerprint density at radius 3 is 2.62 bits per heavy atom. The first-order chi connectivity index (χ1) is 7.71. The molecule has 0 saturated carbocycles. The fourth-order valence-corrected chi connectivity index (χ4v) is 1.72. The lowest BCUT2D eigenvalue weighted by molar-refractivity contribution is 0.0935. The predicted molar refractivity (Wildman–Crippen MR) is 67.8 cm³/mol. The number of amides is 1. The maximum atomic E-state index is 11.9. The molecule has 1 aromatic rings. The van der Waals surface area contributed by atoms with Crippen molar-refractivity contribution in [3.05, 3.63) is 35.4 Å². The van der Waals surface area contributed by atoms with Crippen molar-refractivity contribution in [2.45, 2.75) is 38.6 Å². The van der Waals surface area contributed by atoms with Gasteiger partial charge in [0, 0.05) is 17.5 Å². The lowest BCUT2D eigenvalue weighted by atomic mass is 10.1. The molecule has 3 heteroatoms. The average molecular weight is 240 g/mol. The summed E-state index contributed by atoms with van der Waals surface area (Å²) in [6, 6.07) is 7.69. The lowest BCUT2D eigenvalue weighted by Crippen LogP contribution is -2.33. The highest BCUT2D eigenvalue weighted by Gasteiger charge is 2.10. The molecule has 0 aliphatic heterocycles. The largest absolute Gasteiger partial charge is 0.349 e. The fraction of sp³-hybridized carbons (Fsp3) is 0.462. The van der Waals surface area contributed by atoms with Gasteiger partial charge in [-0.2, -0.15) is 0 Å². The second-order valence-electron chi connectivity index (χ2n) is 3.82. The van der Waals surface area contributed by atoms with Gasteiger partial charge >= 0.3 is 0 Å². The molecule has 0 aliphatic carbocycles. The van der Waals surface area contributed by atoms with Gasteiger partial charge in [0.25, 0.3) is 5.91 Å². The van der Waals surface area contributed by atoms with Crippen LogP contribution >= 0.6 is 11.6 Å². The highest BCUT2D eigenvalue weighted by Crippen LogP contribution is 2.08. The van der Waals surface area contributed by atoms with Crippen LogP contribution in [0.15, 0.2) is 24.3 Å². The first-order valence-electron chi connectivity index (χ1n) is 5.67. The van der Waals surface area contributed by atoms with E-state index in [-0.39, 0.29) is 11.9 Å². The van der Waals surface area contributed by atoms with Crippen LogP contribution in [-0.4, -0.2) is 11.9 Å². The van der Waals surface area contributed by atoms with Crippen LogP contribution in [-0.2, 0) is 5.88 Å². The number of rotatable bonds is 5. The minimum absolute atomic E-state index is 0.0133. The van der Waals surface area contributed by atoms with E-state index >= 15 is 0 Å². The summed E-state index contributed by atoms with van der Waals surface area (Å²) in [5.41, 5.74) is 1.66. The van der Waals surface area contributed by atoms with Crippen LogP contribution < -0.4 is 5.32 Å². The summed E-state index contributed by atoms with van der Waals surface area (Å²) in [7, 11) is 0. The molecule has 0 saturated heterocycles. The summed E-state index contributed by atoms with van der Waals surface area (Å²) in [5.74, 6) is 0.423. The Hall–Kier alpha value is -1.02. The van der Waals surface area contributed by atoms with Crippen LogP contribution in [0.1, 0.15) is 42.6 Å². The first kappa shape index (κ1) is 13.0. The average Bonchev–Trinajstić information content (AvgIpc) is 2.35. The van der Waals surface area contributed by atoms with Crippen molar-refractivity contribution in [3.63, 3.8) is 0 Å². The van der Waals surface area contributed by atoms with Crippen LogP contribution in [0.4, 0.5) is 0 Å². The third kappa shape index (κ3) is 3.53. The maximum Gasteiger partial charge on any atom is 0.251 e. The van der Waals surface area contributed by atoms with Gasteiger partial charge in [-0.3, -0.25) is 4.79 Å². The summed E-state index contributed by atoms with van der Waals surface area (Å²) in [6.07, 6.45) is 1.91. The molecular weight excluding hydrogens is 222 g/mol. The Morgan fingerprint density at radius 1 is 1.38 bits per heavy atom. The first-order valence-corrected chi connectivity index (χ1v) is 6.20. The molecule has 88 valence electrons. The summed E-state index contributed by atoms with van der Waals surface area (Å²) in [5, 5.41) is 3.00. The fourth-order valence-electron chi connectivity index (χ4n) is 1.56. The van der Waals surface area contributed by atoms with Crippen LogP contribution in [0, 0.1) is 0 Å². The molecule has 16 heavy (non-hydrogen) atoms. The Kier molecular flexibility index (Phi) is 5.33. The smallest absolute Gasteiger partial charge is 0.251 e. The number of alkyl halides is 1. The van der Waals surface area contributed by atoms with Gasteiger partial charge < -0.3 is 5.32 Å². The molecule has 0 spiro atoms. The second-order valence-corrected chi connectivity index (χ2v) is 4.09. The van der Waals surface area contributed by atoms with E-state index in [0.29, 0.717) is 11.4 Å². The standard InChI is InChI=1S/C13H18ClNO/c1-3-12(4-2)15-13(16)11-7-5-6-10(8-11)9-14/h5-8,12H,3-4,9H2,1-2H3,(H,15,16). The number of halogens is 1. The third-order valence-corrected chi connectivity index (χ3v) is 2.97. The number of hydrogen-bond acceptors (Lipinski definition) is 1. The van der Waals surface area contributed by atoms with E-state index in [1.165, 1.54) is 0 Å². The van der Waals surface area contributed by atoms with E-state index in [9.17, 15) is 4.79 Å². The molecule has 1 aromatic carbocycles. The Morgan fingerprint density at radius 2 is 2.06 bits per heavy atom. The molecule has 0 atom stereocenters. The van der Waals surface area contributed by atoms with Crippen molar-refractivity contribution < 1.29 is 4.79 Å². The molecule has 0 radical (unpaired) electrons. The van der Waals surface area contributed by atoms with E-state index in [0.717, 1.165) is 18.4 Å². The minimum atomic E-state index is -0.0133. The highest BCUT2D eigenvalue weighted by molar-refractivity contribution is 6.17. The van der Waals surface area contributed by atoms with E-state index in [4.69, 9.17) is 11.6 Å². The molecule has 0 fully saturated rings.